The predicted molar refractivity (Wildman–Crippen MR) is 95.9 cm³/mol. The summed E-state index contributed by atoms with van der Waals surface area (Å²) in [6.07, 6.45) is 5.30. The highest BCUT2D eigenvalue weighted by Gasteiger charge is 2.27. The minimum atomic E-state index is 0.442. The van der Waals surface area contributed by atoms with Crippen molar-refractivity contribution < 1.29 is 4.74 Å². The maximum Gasteiger partial charge on any atom is 0.127 e. The number of nitrogens with two attached hydrogens (primary N) is 1. The van der Waals surface area contributed by atoms with Crippen LogP contribution in [-0.2, 0) is 0 Å². The van der Waals surface area contributed by atoms with Crippen molar-refractivity contribution in [3.63, 3.8) is 0 Å². The normalized spacial score (nSPS) is 22.5. The molecule has 3 unspecified atom stereocenters. The molecule has 2 aromatic carbocycles. The molecule has 2 nitrogen and oxygen atoms in total. The van der Waals surface area contributed by atoms with Gasteiger partial charge in [-0.05, 0) is 67.0 Å². The molecule has 2 N–H and O–H groups in total. The molecular weight excluding hydrogens is 282 g/mol. The molecule has 0 amide bonds. The van der Waals surface area contributed by atoms with E-state index in [9.17, 15) is 0 Å². The summed E-state index contributed by atoms with van der Waals surface area (Å²) < 4.78 is 5.98. The lowest BCUT2D eigenvalue weighted by Gasteiger charge is -2.33. The van der Waals surface area contributed by atoms with Gasteiger partial charge in [0.15, 0.2) is 0 Å². The number of ether oxygens (including phenoxy) is 1. The van der Waals surface area contributed by atoms with Gasteiger partial charge in [-0.2, -0.15) is 0 Å². The van der Waals surface area contributed by atoms with Gasteiger partial charge in [0, 0.05) is 0 Å². The Kier molecular flexibility index (Phi) is 5.35. The summed E-state index contributed by atoms with van der Waals surface area (Å²) >= 11 is 0. The summed E-state index contributed by atoms with van der Waals surface area (Å²) in [5.41, 5.74) is 7.46. The van der Waals surface area contributed by atoms with Gasteiger partial charge >= 0.3 is 0 Å². The van der Waals surface area contributed by atoms with E-state index in [1.807, 2.05) is 36.4 Å². The Hall–Kier alpha value is -1.80. The molecule has 2 heteroatoms. The molecular formula is C21H27NO. The standard InChI is InChI=1S/C21H27NO/c1-16-7-5-8-17(13-16)21(15-22)18-9-6-12-20(14-18)23-19-10-3-2-4-11-19/h2-4,6,9-12,14,16-17,21H,5,7-8,13,15,22H2,1H3. The molecule has 0 saturated heterocycles. The SMILES string of the molecule is CC1CCCC(C(CN)c2cccc(Oc3ccccc3)c2)C1. The molecule has 0 aromatic heterocycles. The summed E-state index contributed by atoms with van der Waals surface area (Å²) in [6.45, 7) is 3.08. The Labute approximate surface area is 139 Å². The number of rotatable bonds is 5. The molecule has 23 heavy (non-hydrogen) atoms. The summed E-state index contributed by atoms with van der Waals surface area (Å²) in [5.74, 6) is 3.75. The summed E-state index contributed by atoms with van der Waals surface area (Å²) in [7, 11) is 0. The summed E-state index contributed by atoms with van der Waals surface area (Å²) in [4.78, 5) is 0. The van der Waals surface area contributed by atoms with Crippen LogP contribution in [0.2, 0.25) is 0 Å². The highest BCUT2D eigenvalue weighted by molar-refractivity contribution is 5.35. The van der Waals surface area contributed by atoms with E-state index >= 15 is 0 Å². The first-order chi connectivity index (χ1) is 11.3. The maximum atomic E-state index is 6.14. The molecule has 1 aliphatic rings. The fourth-order valence-corrected chi connectivity index (χ4v) is 3.88. The van der Waals surface area contributed by atoms with Gasteiger partial charge in [0.1, 0.15) is 11.5 Å². The number of hydrogen-bond acceptors (Lipinski definition) is 2. The zero-order valence-electron chi connectivity index (χ0n) is 13.9. The van der Waals surface area contributed by atoms with Gasteiger partial charge in [0.2, 0.25) is 0 Å². The molecule has 0 radical (unpaired) electrons. The van der Waals surface area contributed by atoms with Crippen LogP contribution in [0.3, 0.4) is 0 Å². The van der Waals surface area contributed by atoms with Crippen molar-refractivity contribution in [2.24, 2.45) is 17.6 Å². The fourth-order valence-electron chi connectivity index (χ4n) is 3.88. The van der Waals surface area contributed by atoms with Crippen molar-refractivity contribution in [3.05, 3.63) is 60.2 Å². The van der Waals surface area contributed by atoms with Gasteiger partial charge in [-0.1, -0.05) is 50.1 Å². The van der Waals surface area contributed by atoms with E-state index in [1.54, 1.807) is 0 Å². The molecule has 1 fully saturated rings. The molecule has 0 spiro atoms. The Bertz CT molecular complexity index is 610. The average molecular weight is 309 g/mol. The molecule has 1 aliphatic carbocycles. The minimum Gasteiger partial charge on any atom is -0.457 e. The lowest BCUT2D eigenvalue weighted by atomic mass is 9.73. The van der Waals surface area contributed by atoms with Crippen molar-refractivity contribution in [1.82, 2.24) is 0 Å². The molecule has 2 aromatic rings. The Morgan fingerprint density at radius 1 is 1.04 bits per heavy atom. The van der Waals surface area contributed by atoms with Crippen molar-refractivity contribution >= 4 is 0 Å². The lowest BCUT2D eigenvalue weighted by molar-refractivity contribution is 0.247. The minimum absolute atomic E-state index is 0.442. The monoisotopic (exact) mass is 309 g/mol. The first-order valence-corrected chi connectivity index (χ1v) is 8.79. The third-order valence-corrected chi connectivity index (χ3v) is 5.07. The smallest absolute Gasteiger partial charge is 0.127 e. The van der Waals surface area contributed by atoms with E-state index in [2.05, 4.69) is 25.1 Å². The van der Waals surface area contributed by atoms with Crippen LogP contribution in [0.4, 0.5) is 0 Å². The van der Waals surface area contributed by atoms with Crippen molar-refractivity contribution in [2.45, 2.75) is 38.5 Å². The van der Waals surface area contributed by atoms with Gasteiger partial charge in [-0.25, -0.2) is 0 Å². The van der Waals surface area contributed by atoms with Crippen LogP contribution >= 0.6 is 0 Å². The van der Waals surface area contributed by atoms with Gasteiger partial charge in [0.05, 0.1) is 0 Å². The Morgan fingerprint density at radius 3 is 2.57 bits per heavy atom. The van der Waals surface area contributed by atoms with E-state index in [1.165, 1.54) is 31.2 Å². The summed E-state index contributed by atoms with van der Waals surface area (Å²) in [6, 6.07) is 18.4. The molecule has 1 saturated carbocycles. The second-order valence-corrected chi connectivity index (χ2v) is 6.86. The van der Waals surface area contributed by atoms with Crippen molar-refractivity contribution in [1.29, 1.82) is 0 Å². The molecule has 3 atom stereocenters. The zero-order valence-corrected chi connectivity index (χ0v) is 13.9. The average Bonchev–Trinajstić information content (AvgIpc) is 2.57. The van der Waals surface area contributed by atoms with Crippen molar-refractivity contribution in [3.8, 4) is 11.5 Å². The van der Waals surface area contributed by atoms with E-state index in [-0.39, 0.29) is 0 Å². The molecule has 3 rings (SSSR count). The van der Waals surface area contributed by atoms with E-state index in [4.69, 9.17) is 10.5 Å². The third kappa shape index (κ3) is 4.14. The van der Waals surface area contributed by atoms with Crippen LogP contribution in [0.1, 0.15) is 44.1 Å². The maximum absolute atomic E-state index is 6.14. The highest BCUT2D eigenvalue weighted by atomic mass is 16.5. The van der Waals surface area contributed by atoms with Gasteiger partial charge in [-0.3, -0.25) is 0 Å². The number of benzene rings is 2. The summed E-state index contributed by atoms with van der Waals surface area (Å²) in [5, 5.41) is 0. The largest absolute Gasteiger partial charge is 0.457 e. The Balaban J connectivity index is 1.77. The van der Waals surface area contributed by atoms with Crippen LogP contribution in [-0.4, -0.2) is 6.54 Å². The zero-order chi connectivity index (χ0) is 16.1. The van der Waals surface area contributed by atoms with Crippen molar-refractivity contribution in [2.75, 3.05) is 6.54 Å². The first kappa shape index (κ1) is 16.1. The topological polar surface area (TPSA) is 35.2 Å². The second-order valence-electron chi connectivity index (χ2n) is 6.86. The number of para-hydroxylation sites is 1. The van der Waals surface area contributed by atoms with E-state index < -0.39 is 0 Å². The Morgan fingerprint density at radius 2 is 1.83 bits per heavy atom. The predicted octanol–water partition coefficient (Wildman–Crippen LogP) is 5.35. The third-order valence-electron chi connectivity index (χ3n) is 5.07. The van der Waals surface area contributed by atoms with Crippen LogP contribution in [0.15, 0.2) is 54.6 Å². The molecule has 0 heterocycles. The van der Waals surface area contributed by atoms with E-state index in [0.29, 0.717) is 18.4 Å². The highest BCUT2D eigenvalue weighted by Crippen LogP contribution is 2.39. The van der Waals surface area contributed by atoms with Gasteiger partial charge in [-0.15, -0.1) is 0 Å². The van der Waals surface area contributed by atoms with Crippen LogP contribution < -0.4 is 10.5 Å². The van der Waals surface area contributed by atoms with Gasteiger partial charge < -0.3 is 10.5 Å². The van der Waals surface area contributed by atoms with Crippen LogP contribution in [0.5, 0.6) is 11.5 Å². The number of hydrogen-bond donors (Lipinski definition) is 1. The second kappa shape index (κ2) is 7.65. The molecule has 122 valence electrons. The van der Waals surface area contributed by atoms with Crippen LogP contribution in [0, 0.1) is 11.8 Å². The quantitative estimate of drug-likeness (QED) is 0.808. The van der Waals surface area contributed by atoms with Crippen LogP contribution in [0.25, 0.3) is 0 Å². The first-order valence-electron chi connectivity index (χ1n) is 8.79. The van der Waals surface area contributed by atoms with Gasteiger partial charge in [0.25, 0.3) is 0 Å². The fraction of sp³-hybridized carbons (Fsp3) is 0.429. The molecule has 0 bridgehead atoms. The molecule has 0 aliphatic heterocycles. The van der Waals surface area contributed by atoms with E-state index in [0.717, 1.165) is 17.4 Å². The lowest BCUT2D eigenvalue weighted by Crippen LogP contribution is -2.26.